The lowest BCUT2D eigenvalue weighted by atomic mass is 10.2. The van der Waals surface area contributed by atoms with Crippen molar-refractivity contribution in [3.05, 3.63) is 48.0 Å². The Bertz CT molecular complexity index is 434. The highest BCUT2D eigenvalue weighted by atomic mass is 79.9. The Morgan fingerprint density at radius 1 is 1.36 bits per heavy atom. The van der Waals surface area contributed by atoms with Gasteiger partial charge in [0, 0.05) is 17.2 Å². The van der Waals surface area contributed by atoms with Gasteiger partial charge >= 0.3 is 0 Å². The molecule has 0 bridgehead atoms. The second-order valence-electron chi connectivity index (χ2n) is 3.19. The molecule has 0 aliphatic heterocycles. The van der Waals surface area contributed by atoms with Crippen molar-refractivity contribution in [3.8, 4) is 5.69 Å². The summed E-state index contributed by atoms with van der Waals surface area (Å²) < 4.78 is 2.05. The van der Waals surface area contributed by atoms with Gasteiger partial charge in [-0.25, -0.2) is 4.98 Å². The van der Waals surface area contributed by atoms with Crippen molar-refractivity contribution in [1.82, 2.24) is 9.55 Å². The zero-order valence-electron chi connectivity index (χ0n) is 7.94. The molecule has 0 aliphatic rings. The second-order valence-corrected chi connectivity index (χ2v) is 3.75. The number of aromatic nitrogens is 2. The maximum absolute atomic E-state index is 4.27. The number of imidazole rings is 1. The average molecular weight is 251 g/mol. The van der Waals surface area contributed by atoms with Gasteiger partial charge in [-0.05, 0) is 18.6 Å². The molecule has 0 amide bonds. The Balaban J connectivity index is 2.44. The number of alkyl halides is 1. The van der Waals surface area contributed by atoms with Gasteiger partial charge in [-0.1, -0.05) is 34.1 Å². The van der Waals surface area contributed by atoms with E-state index in [1.165, 1.54) is 11.3 Å². The first-order valence-electron chi connectivity index (χ1n) is 4.46. The molecule has 0 spiro atoms. The molecular weight excluding hydrogens is 240 g/mol. The van der Waals surface area contributed by atoms with E-state index in [0.717, 1.165) is 11.0 Å². The molecule has 0 saturated heterocycles. The van der Waals surface area contributed by atoms with Gasteiger partial charge < -0.3 is 4.57 Å². The fourth-order valence-corrected chi connectivity index (χ4v) is 1.71. The lowest BCUT2D eigenvalue weighted by molar-refractivity contribution is 1.04. The molecule has 0 fully saturated rings. The van der Waals surface area contributed by atoms with Crippen LogP contribution >= 0.6 is 15.9 Å². The Kier molecular flexibility index (Phi) is 2.68. The third-order valence-electron chi connectivity index (χ3n) is 2.17. The molecule has 0 unspecified atom stereocenters. The molecule has 2 rings (SSSR count). The summed E-state index contributed by atoms with van der Waals surface area (Å²) in [4.78, 5) is 4.27. The lowest BCUT2D eigenvalue weighted by Crippen LogP contribution is -1.92. The highest BCUT2D eigenvalue weighted by molar-refractivity contribution is 9.08. The van der Waals surface area contributed by atoms with E-state index in [2.05, 4.69) is 40.0 Å². The summed E-state index contributed by atoms with van der Waals surface area (Å²) in [6, 6.07) is 8.27. The van der Waals surface area contributed by atoms with Crippen LogP contribution in [0.4, 0.5) is 0 Å². The molecule has 2 aromatic rings. The van der Waals surface area contributed by atoms with Crippen LogP contribution in [-0.4, -0.2) is 9.55 Å². The smallest absolute Gasteiger partial charge is 0.0995 e. The molecule has 72 valence electrons. The molecular formula is C11H11BrN2. The number of nitrogens with zero attached hydrogens (tertiary/aromatic N) is 2. The molecule has 0 saturated carbocycles. The fourth-order valence-electron chi connectivity index (χ4n) is 1.42. The number of hydrogen-bond acceptors (Lipinski definition) is 1. The summed E-state index contributed by atoms with van der Waals surface area (Å²) in [5.41, 5.74) is 3.49. The number of hydrogen-bond donors (Lipinski definition) is 0. The summed E-state index contributed by atoms with van der Waals surface area (Å²) in [7, 11) is 0. The molecule has 1 aromatic carbocycles. The number of benzene rings is 1. The zero-order chi connectivity index (χ0) is 9.97. The maximum Gasteiger partial charge on any atom is 0.0995 e. The Labute approximate surface area is 91.7 Å². The van der Waals surface area contributed by atoms with Crippen molar-refractivity contribution in [2.45, 2.75) is 12.3 Å². The van der Waals surface area contributed by atoms with Gasteiger partial charge in [0.1, 0.15) is 0 Å². The molecule has 14 heavy (non-hydrogen) atoms. The minimum atomic E-state index is 0.798. The van der Waals surface area contributed by atoms with E-state index in [-0.39, 0.29) is 0 Å². The standard InChI is InChI=1S/C11H11BrN2/c1-9-4-2-3-5-11(9)14-7-10(6-12)13-8-14/h2-5,7-8H,6H2,1H3. The average Bonchev–Trinajstić information content (AvgIpc) is 2.67. The summed E-state index contributed by atoms with van der Waals surface area (Å²) in [6.45, 7) is 2.10. The number of para-hydroxylation sites is 1. The van der Waals surface area contributed by atoms with E-state index in [4.69, 9.17) is 0 Å². The van der Waals surface area contributed by atoms with Crippen LogP contribution in [0.3, 0.4) is 0 Å². The predicted octanol–water partition coefficient (Wildman–Crippen LogP) is 3.08. The Hall–Kier alpha value is -1.09. The first-order valence-corrected chi connectivity index (χ1v) is 5.58. The molecule has 0 N–H and O–H groups in total. The molecule has 1 aromatic heterocycles. The molecule has 2 nitrogen and oxygen atoms in total. The third-order valence-corrected chi connectivity index (χ3v) is 2.74. The highest BCUT2D eigenvalue weighted by Gasteiger charge is 2.01. The highest BCUT2D eigenvalue weighted by Crippen LogP contribution is 2.14. The van der Waals surface area contributed by atoms with Crippen LogP contribution in [0, 0.1) is 6.92 Å². The third kappa shape index (κ3) is 1.73. The van der Waals surface area contributed by atoms with Gasteiger partial charge in [0.2, 0.25) is 0 Å². The van der Waals surface area contributed by atoms with Crippen molar-refractivity contribution in [2.75, 3.05) is 0 Å². The van der Waals surface area contributed by atoms with Gasteiger partial charge in [-0.2, -0.15) is 0 Å². The largest absolute Gasteiger partial charge is 0.306 e. The minimum absolute atomic E-state index is 0.798. The molecule has 3 heteroatoms. The van der Waals surface area contributed by atoms with Crippen molar-refractivity contribution >= 4 is 15.9 Å². The van der Waals surface area contributed by atoms with Crippen LogP contribution in [0.25, 0.3) is 5.69 Å². The van der Waals surface area contributed by atoms with Gasteiger partial charge in [0.15, 0.2) is 0 Å². The predicted molar refractivity (Wildman–Crippen MR) is 60.9 cm³/mol. The molecule has 1 heterocycles. The van der Waals surface area contributed by atoms with E-state index in [1.54, 1.807) is 0 Å². The normalized spacial score (nSPS) is 10.4. The van der Waals surface area contributed by atoms with Crippen molar-refractivity contribution < 1.29 is 0 Å². The summed E-state index contributed by atoms with van der Waals surface area (Å²) >= 11 is 3.39. The SMILES string of the molecule is Cc1ccccc1-n1cnc(CBr)c1. The number of rotatable bonds is 2. The second kappa shape index (κ2) is 3.96. The van der Waals surface area contributed by atoms with Crippen molar-refractivity contribution in [2.24, 2.45) is 0 Å². The fraction of sp³-hybridized carbons (Fsp3) is 0.182. The number of halogens is 1. The monoisotopic (exact) mass is 250 g/mol. The van der Waals surface area contributed by atoms with Crippen LogP contribution in [0.15, 0.2) is 36.8 Å². The van der Waals surface area contributed by atoms with E-state index in [1.807, 2.05) is 29.2 Å². The van der Waals surface area contributed by atoms with Crippen LogP contribution in [-0.2, 0) is 5.33 Å². The van der Waals surface area contributed by atoms with Gasteiger partial charge in [0.25, 0.3) is 0 Å². The first kappa shape index (κ1) is 9.46. The number of aryl methyl sites for hydroxylation is 1. The quantitative estimate of drug-likeness (QED) is 0.750. The molecule has 0 aliphatic carbocycles. The van der Waals surface area contributed by atoms with E-state index >= 15 is 0 Å². The van der Waals surface area contributed by atoms with E-state index < -0.39 is 0 Å². The lowest BCUT2D eigenvalue weighted by Gasteiger charge is -2.04. The molecule has 0 radical (unpaired) electrons. The minimum Gasteiger partial charge on any atom is -0.306 e. The summed E-state index contributed by atoms with van der Waals surface area (Å²) in [5.74, 6) is 0. The summed E-state index contributed by atoms with van der Waals surface area (Å²) in [6.07, 6.45) is 3.88. The maximum atomic E-state index is 4.27. The summed E-state index contributed by atoms with van der Waals surface area (Å²) in [5, 5.41) is 0.798. The van der Waals surface area contributed by atoms with Crippen molar-refractivity contribution in [3.63, 3.8) is 0 Å². The first-order chi connectivity index (χ1) is 6.81. The Morgan fingerprint density at radius 2 is 2.14 bits per heavy atom. The van der Waals surface area contributed by atoms with Crippen LogP contribution in [0.2, 0.25) is 0 Å². The van der Waals surface area contributed by atoms with Crippen molar-refractivity contribution in [1.29, 1.82) is 0 Å². The van der Waals surface area contributed by atoms with Gasteiger partial charge in [-0.15, -0.1) is 0 Å². The molecule has 0 atom stereocenters. The topological polar surface area (TPSA) is 17.8 Å². The van der Waals surface area contributed by atoms with Crippen LogP contribution in [0.1, 0.15) is 11.3 Å². The Morgan fingerprint density at radius 3 is 2.79 bits per heavy atom. The van der Waals surface area contributed by atoms with E-state index in [0.29, 0.717) is 0 Å². The van der Waals surface area contributed by atoms with Gasteiger partial charge in [0.05, 0.1) is 12.0 Å². The van der Waals surface area contributed by atoms with E-state index in [9.17, 15) is 0 Å². The van der Waals surface area contributed by atoms with Gasteiger partial charge in [-0.3, -0.25) is 0 Å². The van der Waals surface area contributed by atoms with Crippen LogP contribution in [0.5, 0.6) is 0 Å². The van der Waals surface area contributed by atoms with Crippen LogP contribution < -0.4 is 0 Å². The zero-order valence-corrected chi connectivity index (χ0v) is 9.53.